The second-order valence-corrected chi connectivity index (χ2v) is 5.44. The molecule has 2 N–H and O–H groups in total. The Balaban J connectivity index is 3.72. The Hall–Kier alpha value is -0.120. The van der Waals surface area contributed by atoms with Gasteiger partial charge < -0.3 is 10.2 Å². The van der Waals surface area contributed by atoms with Gasteiger partial charge in [0.25, 0.3) is 0 Å². The SMILES string of the molecule is CCCCCCCCN(CC(C)O)CC(O)CC. The zero-order valence-electron chi connectivity index (χ0n) is 12.6. The first-order chi connectivity index (χ1) is 8.60. The van der Waals surface area contributed by atoms with Crippen LogP contribution in [-0.2, 0) is 0 Å². The summed E-state index contributed by atoms with van der Waals surface area (Å²) < 4.78 is 0. The Labute approximate surface area is 113 Å². The van der Waals surface area contributed by atoms with E-state index in [2.05, 4.69) is 11.8 Å². The van der Waals surface area contributed by atoms with Crippen molar-refractivity contribution in [2.75, 3.05) is 19.6 Å². The van der Waals surface area contributed by atoms with E-state index in [1.165, 1.54) is 38.5 Å². The van der Waals surface area contributed by atoms with Crippen LogP contribution in [0.3, 0.4) is 0 Å². The molecule has 0 spiro atoms. The lowest BCUT2D eigenvalue weighted by Crippen LogP contribution is -2.37. The van der Waals surface area contributed by atoms with Gasteiger partial charge in [-0.2, -0.15) is 0 Å². The number of rotatable bonds is 12. The molecule has 0 aromatic heterocycles. The fourth-order valence-electron chi connectivity index (χ4n) is 2.17. The summed E-state index contributed by atoms with van der Waals surface area (Å²) in [5.41, 5.74) is 0. The number of hydrogen-bond acceptors (Lipinski definition) is 3. The van der Waals surface area contributed by atoms with E-state index in [9.17, 15) is 10.2 Å². The van der Waals surface area contributed by atoms with Gasteiger partial charge in [-0.25, -0.2) is 0 Å². The largest absolute Gasteiger partial charge is 0.392 e. The van der Waals surface area contributed by atoms with Gasteiger partial charge in [-0.3, -0.25) is 4.90 Å². The average molecular weight is 259 g/mol. The molecule has 0 saturated heterocycles. The Morgan fingerprint density at radius 3 is 2.06 bits per heavy atom. The van der Waals surface area contributed by atoms with Crippen LogP contribution in [0.5, 0.6) is 0 Å². The highest BCUT2D eigenvalue weighted by atomic mass is 16.3. The molecule has 0 fully saturated rings. The first kappa shape index (κ1) is 17.9. The molecule has 110 valence electrons. The fourth-order valence-corrected chi connectivity index (χ4v) is 2.17. The first-order valence-corrected chi connectivity index (χ1v) is 7.68. The molecule has 2 unspecified atom stereocenters. The van der Waals surface area contributed by atoms with E-state index in [0.29, 0.717) is 13.1 Å². The van der Waals surface area contributed by atoms with Gasteiger partial charge in [0.05, 0.1) is 12.2 Å². The van der Waals surface area contributed by atoms with Crippen molar-refractivity contribution in [2.45, 2.75) is 77.9 Å². The van der Waals surface area contributed by atoms with Crippen molar-refractivity contribution in [3.05, 3.63) is 0 Å². The van der Waals surface area contributed by atoms with Crippen molar-refractivity contribution < 1.29 is 10.2 Å². The summed E-state index contributed by atoms with van der Waals surface area (Å²) in [5, 5.41) is 19.1. The van der Waals surface area contributed by atoms with Crippen molar-refractivity contribution in [3.8, 4) is 0 Å². The van der Waals surface area contributed by atoms with Crippen LogP contribution in [-0.4, -0.2) is 47.0 Å². The summed E-state index contributed by atoms with van der Waals surface area (Å²) in [6.45, 7) is 8.40. The summed E-state index contributed by atoms with van der Waals surface area (Å²) >= 11 is 0. The van der Waals surface area contributed by atoms with Crippen molar-refractivity contribution in [2.24, 2.45) is 0 Å². The second kappa shape index (κ2) is 11.9. The van der Waals surface area contributed by atoms with Gasteiger partial charge in [-0.1, -0.05) is 46.0 Å². The lowest BCUT2D eigenvalue weighted by molar-refractivity contribution is 0.0732. The van der Waals surface area contributed by atoms with Gasteiger partial charge in [-0.05, 0) is 26.3 Å². The molecular formula is C15H33NO2. The van der Waals surface area contributed by atoms with Crippen molar-refractivity contribution >= 4 is 0 Å². The molecule has 0 aliphatic rings. The molecule has 0 rings (SSSR count). The third kappa shape index (κ3) is 11.0. The molecule has 0 aromatic carbocycles. The maximum Gasteiger partial charge on any atom is 0.0664 e. The molecule has 0 bridgehead atoms. The van der Waals surface area contributed by atoms with E-state index in [-0.39, 0.29) is 12.2 Å². The topological polar surface area (TPSA) is 43.7 Å². The fraction of sp³-hybridized carbons (Fsp3) is 1.00. The molecule has 3 heteroatoms. The highest BCUT2D eigenvalue weighted by Gasteiger charge is 2.11. The normalized spacial score (nSPS) is 15.0. The molecule has 2 atom stereocenters. The Morgan fingerprint density at radius 2 is 1.50 bits per heavy atom. The lowest BCUT2D eigenvalue weighted by Gasteiger charge is -2.25. The minimum atomic E-state index is -0.311. The molecule has 0 radical (unpaired) electrons. The standard InChI is InChI=1S/C15H33NO2/c1-4-6-7-8-9-10-11-16(12-14(3)17)13-15(18)5-2/h14-15,17-18H,4-13H2,1-3H3. The van der Waals surface area contributed by atoms with Gasteiger partial charge in [0.2, 0.25) is 0 Å². The monoisotopic (exact) mass is 259 g/mol. The highest BCUT2D eigenvalue weighted by molar-refractivity contribution is 4.66. The lowest BCUT2D eigenvalue weighted by atomic mass is 10.1. The number of aliphatic hydroxyl groups is 2. The van der Waals surface area contributed by atoms with Crippen molar-refractivity contribution in [1.82, 2.24) is 4.90 Å². The van der Waals surface area contributed by atoms with E-state index in [1.54, 1.807) is 0 Å². The molecule has 0 saturated carbocycles. The summed E-state index contributed by atoms with van der Waals surface area (Å²) in [7, 11) is 0. The van der Waals surface area contributed by atoms with Gasteiger partial charge in [0, 0.05) is 13.1 Å². The van der Waals surface area contributed by atoms with Gasteiger partial charge in [0.15, 0.2) is 0 Å². The van der Waals surface area contributed by atoms with Gasteiger partial charge in [-0.15, -0.1) is 0 Å². The van der Waals surface area contributed by atoms with E-state index in [1.807, 2.05) is 13.8 Å². The molecule has 3 nitrogen and oxygen atoms in total. The first-order valence-electron chi connectivity index (χ1n) is 7.68. The molecule has 0 aromatic rings. The minimum Gasteiger partial charge on any atom is -0.392 e. The number of nitrogens with zero attached hydrogens (tertiary/aromatic N) is 1. The van der Waals surface area contributed by atoms with E-state index < -0.39 is 0 Å². The van der Waals surface area contributed by atoms with Crippen LogP contribution in [0.4, 0.5) is 0 Å². The predicted octanol–water partition coefficient (Wildman–Crippen LogP) is 2.80. The zero-order valence-corrected chi connectivity index (χ0v) is 12.6. The quantitative estimate of drug-likeness (QED) is 0.530. The van der Waals surface area contributed by atoms with Crippen LogP contribution < -0.4 is 0 Å². The van der Waals surface area contributed by atoms with Crippen LogP contribution in [0.25, 0.3) is 0 Å². The summed E-state index contributed by atoms with van der Waals surface area (Å²) in [6.07, 6.45) is 7.93. The zero-order chi connectivity index (χ0) is 13.8. The number of aliphatic hydroxyl groups excluding tert-OH is 2. The van der Waals surface area contributed by atoms with E-state index in [4.69, 9.17) is 0 Å². The number of unbranched alkanes of at least 4 members (excludes halogenated alkanes) is 5. The smallest absolute Gasteiger partial charge is 0.0664 e. The van der Waals surface area contributed by atoms with Crippen LogP contribution in [0.15, 0.2) is 0 Å². The maximum atomic E-state index is 9.69. The van der Waals surface area contributed by atoms with E-state index >= 15 is 0 Å². The highest BCUT2D eigenvalue weighted by Crippen LogP contribution is 2.07. The van der Waals surface area contributed by atoms with Crippen LogP contribution >= 0.6 is 0 Å². The summed E-state index contributed by atoms with van der Waals surface area (Å²) in [5.74, 6) is 0. The van der Waals surface area contributed by atoms with E-state index in [0.717, 1.165) is 13.0 Å². The summed E-state index contributed by atoms with van der Waals surface area (Å²) in [4.78, 5) is 2.19. The van der Waals surface area contributed by atoms with Gasteiger partial charge in [0.1, 0.15) is 0 Å². The molecular weight excluding hydrogens is 226 g/mol. The molecule has 18 heavy (non-hydrogen) atoms. The maximum absolute atomic E-state index is 9.69. The van der Waals surface area contributed by atoms with Crippen molar-refractivity contribution in [3.63, 3.8) is 0 Å². The van der Waals surface area contributed by atoms with Crippen molar-refractivity contribution in [1.29, 1.82) is 0 Å². The summed E-state index contributed by atoms with van der Waals surface area (Å²) in [6, 6.07) is 0. The molecule has 0 amide bonds. The Bertz CT molecular complexity index is 174. The third-order valence-electron chi connectivity index (χ3n) is 3.29. The molecule has 0 aliphatic carbocycles. The average Bonchev–Trinajstić information content (AvgIpc) is 2.32. The van der Waals surface area contributed by atoms with Crippen LogP contribution in [0, 0.1) is 0 Å². The molecule has 0 heterocycles. The van der Waals surface area contributed by atoms with Gasteiger partial charge >= 0.3 is 0 Å². The second-order valence-electron chi connectivity index (χ2n) is 5.44. The minimum absolute atomic E-state index is 0.260. The number of hydrogen-bond donors (Lipinski definition) is 2. The third-order valence-corrected chi connectivity index (χ3v) is 3.29. The van der Waals surface area contributed by atoms with Crippen LogP contribution in [0.1, 0.15) is 65.7 Å². The predicted molar refractivity (Wildman–Crippen MR) is 77.8 cm³/mol. The Kier molecular flexibility index (Phi) is 11.9. The molecule has 0 aliphatic heterocycles. The van der Waals surface area contributed by atoms with Crippen LogP contribution in [0.2, 0.25) is 0 Å². The Morgan fingerprint density at radius 1 is 0.889 bits per heavy atom.